The summed E-state index contributed by atoms with van der Waals surface area (Å²) in [6.45, 7) is 10.6. The summed E-state index contributed by atoms with van der Waals surface area (Å²) in [4.78, 5) is 0. The first kappa shape index (κ1) is 16.4. The van der Waals surface area contributed by atoms with Gasteiger partial charge >= 0.3 is 0 Å². The molecule has 1 nitrogen and oxygen atoms in total. The Morgan fingerprint density at radius 3 is 2.33 bits per heavy atom. The first-order valence-corrected chi connectivity index (χ1v) is 8.82. The average Bonchev–Trinajstić information content (AvgIpc) is 2.46. The molecule has 1 aliphatic rings. The SMILES string of the molecule is CCCc1ccccc1NCC1CCC(C(C)(C)C)CC1. The highest BCUT2D eigenvalue weighted by Crippen LogP contribution is 2.39. The lowest BCUT2D eigenvalue weighted by Crippen LogP contribution is -2.28. The zero-order valence-electron chi connectivity index (χ0n) is 14.4. The molecule has 1 heteroatoms. The normalized spacial score (nSPS) is 23.0. The maximum absolute atomic E-state index is 3.72. The van der Waals surface area contributed by atoms with Crippen LogP contribution in [0.25, 0.3) is 0 Å². The quantitative estimate of drug-likeness (QED) is 0.710. The molecule has 0 amide bonds. The molecule has 1 aliphatic carbocycles. The summed E-state index contributed by atoms with van der Waals surface area (Å²) in [6, 6.07) is 8.82. The third-order valence-electron chi connectivity index (χ3n) is 5.19. The largest absolute Gasteiger partial charge is 0.385 e. The van der Waals surface area contributed by atoms with Crippen LogP contribution in [-0.2, 0) is 6.42 Å². The minimum absolute atomic E-state index is 0.492. The molecule has 0 saturated heterocycles. The second-order valence-electron chi connectivity index (χ2n) is 7.87. The van der Waals surface area contributed by atoms with Crippen LogP contribution in [0.3, 0.4) is 0 Å². The molecule has 1 aromatic rings. The molecular weight excluding hydrogens is 254 g/mol. The van der Waals surface area contributed by atoms with Gasteiger partial charge in [0, 0.05) is 12.2 Å². The van der Waals surface area contributed by atoms with Crippen molar-refractivity contribution in [2.75, 3.05) is 11.9 Å². The molecule has 1 aromatic carbocycles. The van der Waals surface area contributed by atoms with Crippen molar-refractivity contribution < 1.29 is 0 Å². The summed E-state index contributed by atoms with van der Waals surface area (Å²) in [5.41, 5.74) is 3.33. The number of para-hydroxylation sites is 1. The summed E-state index contributed by atoms with van der Waals surface area (Å²) in [7, 11) is 0. The van der Waals surface area contributed by atoms with E-state index in [0.29, 0.717) is 5.41 Å². The van der Waals surface area contributed by atoms with E-state index in [1.165, 1.54) is 49.8 Å². The number of anilines is 1. The average molecular weight is 287 g/mol. The van der Waals surface area contributed by atoms with Crippen molar-refractivity contribution in [3.05, 3.63) is 29.8 Å². The van der Waals surface area contributed by atoms with Crippen LogP contribution >= 0.6 is 0 Å². The maximum atomic E-state index is 3.72. The first-order chi connectivity index (χ1) is 10.0. The van der Waals surface area contributed by atoms with Crippen LogP contribution < -0.4 is 5.32 Å². The van der Waals surface area contributed by atoms with Gasteiger partial charge in [0.05, 0.1) is 0 Å². The van der Waals surface area contributed by atoms with E-state index in [4.69, 9.17) is 0 Å². The van der Waals surface area contributed by atoms with Crippen molar-refractivity contribution in [3.8, 4) is 0 Å². The number of nitrogens with one attached hydrogen (secondary N) is 1. The Bertz CT molecular complexity index is 422. The van der Waals surface area contributed by atoms with E-state index >= 15 is 0 Å². The Hall–Kier alpha value is -0.980. The number of benzene rings is 1. The van der Waals surface area contributed by atoms with Crippen molar-refractivity contribution >= 4 is 5.69 Å². The molecule has 1 saturated carbocycles. The molecule has 0 aliphatic heterocycles. The van der Waals surface area contributed by atoms with Crippen LogP contribution in [0, 0.1) is 17.3 Å². The molecule has 0 unspecified atom stereocenters. The van der Waals surface area contributed by atoms with Crippen LogP contribution in [0.4, 0.5) is 5.69 Å². The zero-order chi connectivity index (χ0) is 15.3. The Morgan fingerprint density at radius 2 is 1.71 bits per heavy atom. The number of hydrogen-bond acceptors (Lipinski definition) is 1. The molecule has 2 rings (SSSR count). The van der Waals surface area contributed by atoms with Gasteiger partial charge in [-0.05, 0) is 61.0 Å². The third-order valence-corrected chi connectivity index (χ3v) is 5.19. The van der Waals surface area contributed by atoms with E-state index in [9.17, 15) is 0 Å². The van der Waals surface area contributed by atoms with Gasteiger partial charge in [-0.15, -0.1) is 0 Å². The van der Waals surface area contributed by atoms with Gasteiger partial charge in [-0.2, -0.15) is 0 Å². The highest BCUT2D eigenvalue weighted by molar-refractivity contribution is 5.51. The fraction of sp³-hybridized carbons (Fsp3) is 0.700. The molecule has 0 aromatic heterocycles. The maximum Gasteiger partial charge on any atom is 0.0372 e. The lowest BCUT2D eigenvalue weighted by atomic mass is 9.70. The van der Waals surface area contributed by atoms with Crippen molar-refractivity contribution in [3.63, 3.8) is 0 Å². The van der Waals surface area contributed by atoms with E-state index < -0.39 is 0 Å². The molecule has 1 fully saturated rings. The highest BCUT2D eigenvalue weighted by atomic mass is 14.9. The summed E-state index contributed by atoms with van der Waals surface area (Å²) in [5.74, 6) is 1.78. The van der Waals surface area contributed by atoms with Crippen molar-refractivity contribution in [1.29, 1.82) is 0 Å². The van der Waals surface area contributed by atoms with Gasteiger partial charge in [-0.3, -0.25) is 0 Å². The molecule has 0 atom stereocenters. The molecule has 21 heavy (non-hydrogen) atoms. The lowest BCUT2D eigenvalue weighted by molar-refractivity contribution is 0.153. The second-order valence-corrected chi connectivity index (χ2v) is 7.87. The Kier molecular flexibility index (Phi) is 5.72. The Morgan fingerprint density at radius 1 is 1.05 bits per heavy atom. The van der Waals surface area contributed by atoms with Crippen LogP contribution in [0.5, 0.6) is 0 Å². The van der Waals surface area contributed by atoms with Gasteiger partial charge < -0.3 is 5.32 Å². The number of rotatable bonds is 5. The van der Waals surface area contributed by atoms with E-state index in [1.54, 1.807) is 0 Å². The van der Waals surface area contributed by atoms with Gasteiger partial charge in [-0.25, -0.2) is 0 Å². The van der Waals surface area contributed by atoms with Gasteiger partial charge in [-0.1, -0.05) is 52.3 Å². The molecule has 118 valence electrons. The smallest absolute Gasteiger partial charge is 0.0372 e. The monoisotopic (exact) mass is 287 g/mol. The third kappa shape index (κ3) is 4.76. The van der Waals surface area contributed by atoms with E-state index in [2.05, 4.69) is 57.3 Å². The predicted molar refractivity (Wildman–Crippen MR) is 93.8 cm³/mol. The van der Waals surface area contributed by atoms with Gasteiger partial charge in [0.15, 0.2) is 0 Å². The summed E-state index contributed by atoms with van der Waals surface area (Å²) in [6.07, 6.45) is 8.00. The lowest BCUT2D eigenvalue weighted by Gasteiger charge is -2.37. The van der Waals surface area contributed by atoms with Crippen molar-refractivity contribution in [2.45, 2.75) is 66.2 Å². The van der Waals surface area contributed by atoms with Gasteiger partial charge in [0.25, 0.3) is 0 Å². The summed E-state index contributed by atoms with van der Waals surface area (Å²) >= 11 is 0. The summed E-state index contributed by atoms with van der Waals surface area (Å²) < 4.78 is 0. The Labute approximate surface area is 131 Å². The Balaban J connectivity index is 1.82. The standard InChI is InChI=1S/C20H33N/c1-5-8-17-9-6-7-10-19(17)21-15-16-11-13-18(14-12-16)20(2,3)4/h6-7,9-10,16,18,21H,5,8,11-15H2,1-4H3. The van der Waals surface area contributed by atoms with Crippen LogP contribution in [-0.4, -0.2) is 6.54 Å². The molecular formula is C20H33N. The summed E-state index contributed by atoms with van der Waals surface area (Å²) in [5, 5.41) is 3.72. The topological polar surface area (TPSA) is 12.0 Å². The fourth-order valence-electron chi connectivity index (χ4n) is 3.67. The predicted octanol–water partition coefficient (Wildman–Crippen LogP) is 5.90. The first-order valence-electron chi connectivity index (χ1n) is 8.82. The minimum atomic E-state index is 0.492. The van der Waals surface area contributed by atoms with Crippen molar-refractivity contribution in [1.82, 2.24) is 0 Å². The van der Waals surface area contributed by atoms with E-state index in [1.807, 2.05) is 0 Å². The van der Waals surface area contributed by atoms with Crippen LogP contribution in [0.1, 0.15) is 65.4 Å². The zero-order valence-corrected chi connectivity index (χ0v) is 14.4. The fourth-order valence-corrected chi connectivity index (χ4v) is 3.67. The van der Waals surface area contributed by atoms with Crippen LogP contribution in [0.15, 0.2) is 24.3 Å². The van der Waals surface area contributed by atoms with Crippen molar-refractivity contribution in [2.24, 2.45) is 17.3 Å². The molecule has 0 radical (unpaired) electrons. The van der Waals surface area contributed by atoms with Crippen LogP contribution in [0.2, 0.25) is 0 Å². The minimum Gasteiger partial charge on any atom is -0.385 e. The molecule has 0 heterocycles. The van der Waals surface area contributed by atoms with E-state index in [-0.39, 0.29) is 0 Å². The number of hydrogen-bond donors (Lipinski definition) is 1. The van der Waals surface area contributed by atoms with Gasteiger partial charge in [0.2, 0.25) is 0 Å². The second kappa shape index (κ2) is 7.33. The highest BCUT2D eigenvalue weighted by Gasteiger charge is 2.29. The van der Waals surface area contributed by atoms with E-state index in [0.717, 1.165) is 18.4 Å². The van der Waals surface area contributed by atoms with Gasteiger partial charge in [0.1, 0.15) is 0 Å². The molecule has 1 N–H and O–H groups in total. The molecule has 0 spiro atoms. The molecule has 0 bridgehead atoms. The number of aryl methyl sites for hydroxylation is 1.